The molecule has 0 aliphatic carbocycles. The molecule has 2 nitrogen and oxygen atoms in total. The van der Waals surface area contributed by atoms with Crippen LogP contribution in [0.5, 0.6) is 0 Å². The standard InChI is InChI=1S/C14H28BNO/c1-4-6-7-8-9-14(3,5-2)16-10-11-17-13(15)12-16/h13H,4-12H2,1-3H3. The molecule has 0 aromatic carbocycles. The summed E-state index contributed by atoms with van der Waals surface area (Å²) in [6.07, 6.45) is 7.86. The summed E-state index contributed by atoms with van der Waals surface area (Å²) in [5.41, 5.74) is 0.315. The number of rotatable bonds is 7. The van der Waals surface area contributed by atoms with Crippen molar-refractivity contribution in [2.75, 3.05) is 19.7 Å². The smallest absolute Gasteiger partial charge is 0.110 e. The fourth-order valence-electron chi connectivity index (χ4n) is 2.66. The molecule has 1 heterocycles. The van der Waals surface area contributed by atoms with Gasteiger partial charge in [0.05, 0.1) is 6.61 Å². The first kappa shape index (κ1) is 15.0. The van der Waals surface area contributed by atoms with Gasteiger partial charge in [-0.15, -0.1) is 0 Å². The minimum atomic E-state index is -0.0923. The maximum Gasteiger partial charge on any atom is 0.110 e. The number of unbranched alkanes of at least 4 members (excludes halogenated alkanes) is 3. The van der Waals surface area contributed by atoms with E-state index in [1.54, 1.807) is 0 Å². The Morgan fingerprint density at radius 3 is 2.65 bits per heavy atom. The predicted molar refractivity (Wildman–Crippen MR) is 74.5 cm³/mol. The molecule has 1 aliphatic heterocycles. The molecule has 0 bridgehead atoms. The lowest BCUT2D eigenvalue weighted by atomic mass is 9.87. The number of hydrogen-bond donors (Lipinski definition) is 0. The maximum absolute atomic E-state index is 5.89. The molecular formula is C14H28BNO. The Kier molecular flexibility index (Phi) is 6.57. The van der Waals surface area contributed by atoms with E-state index in [4.69, 9.17) is 12.6 Å². The first-order valence-corrected chi connectivity index (χ1v) is 7.24. The summed E-state index contributed by atoms with van der Waals surface area (Å²) >= 11 is 0. The molecule has 0 spiro atoms. The van der Waals surface area contributed by atoms with Gasteiger partial charge in [-0.25, -0.2) is 0 Å². The van der Waals surface area contributed by atoms with Crippen LogP contribution in [-0.4, -0.2) is 44.0 Å². The molecule has 3 heteroatoms. The zero-order valence-electron chi connectivity index (χ0n) is 11.9. The van der Waals surface area contributed by atoms with E-state index >= 15 is 0 Å². The summed E-state index contributed by atoms with van der Waals surface area (Å²) in [6.45, 7) is 9.65. The number of morpholine rings is 1. The molecule has 2 unspecified atom stereocenters. The number of ether oxygens (including phenoxy) is 1. The van der Waals surface area contributed by atoms with Gasteiger partial charge in [-0.05, 0) is 19.8 Å². The van der Waals surface area contributed by atoms with E-state index in [0.29, 0.717) is 5.54 Å². The van der Waals surface area contributed by atoms with Crippen LogP contribution >= 0.6 is 0 Å². The van der Waals surface area contributed by atoms with E-state index < -0.39 is 0 Å². The second kappa shape index (κ2) is 7.43. The van der Waals surface area contributed by atoms with E-state index in [9.17, 15) is 0 Å². The molecule has 0 aromatic heterocycles. The van der Waals surface area contributed by atoms with Gasteiger partial charge >= 0.3 is 0 Å². The van der Waals surface area contributed by atoms with Gasteiger partial charge in [0, 0.05) is 24.6 Å². The van der Waals surface area contributed by atoms with Crippen molar-refractivity contribution >= 4 is 7.85 Å². The van der Waals surface area contributed by atoms with Crippen LogP contribution in [0.25, 0.3) is 0 Å². The van der Waals surface area contributed by atoms with Crippen LogP contribution in [0.3, 0.4) is 0 Å². The number of hydrogen-bond acceptors (Lipinski definition) is 2. The molecule has 0 amide bonds. The fourth-order valence-corrected chi connectivity index (χ4v) is 2.66. The molecule has 0 aromatic rings. The Morgan fingerprint density at radius 2 is 2.06 bits per heavy atom. The molecule has 0 N–H and O–H groups in total. The first-order valence-electron chi connectivity index (χ1n) is 7.24. The fraction of sp³-hybridized carbons (Fsp3) is 1.00. The molecule has 0 saturated carbocycles. The van der Waals surface area contributed by atoms with Gasteiger partial charge in [-0.3, -0.25) is 4.90 Å². The van der Waals surface area contributed by atoms with Crippen LogP contribution in [0.2, 0.25) is 0 Å². The van der Waals surface area contributed by atoms with Gasteiger partial charge in [-0.2, -0.15) is 0 Å². The van der Waals surface area contributed by atoms with Crippen LogP contribution in [0.4, 0.5) is 0 Å². The largest absolute Gasteiger partial charge is 0.385 e. The first-order chi connectivity index (χ1) is 8.12. The summed E-state index contributed by atoms with van der Waals surface area (Å²) in [6, 6.07) is -0.0923. The highest BCUT2D eigenvalue weighted by Gasteiger charge is 2.32. The van der Waals surface area contributed by atoms with Gasteiger partial charge in [0.25, 0.3) is 0 Å². The van der Waals surface area contributed by atoms with Gasteiger partial charge in [-0.1, -0.05) is 39.5 Å². The van der Waals surface area contributed by atoms with Crippen LogP contribution in [0.15, 0.2) is 0 Å². The quantitative estimate of drug-likeness (QED) is 0.498. The third-order valence-electron chi connectivity index (χ3n) is 4.19. The average Bonchev–Trinajstić information content (AvgIpc) is 2.34. The third kappa shape index (κ3) is 4.63. The Balaban J connectivity index is 2.42. The van der Waals surface area contributed by atoms with Crippen LogP contribution in [-0.2, 0) is 4.74 Å². The van der Waals surface area contributed by atoms with E-state index in [-0.39, 0.29) is 6.00 Å². The van der Waals surface area contributed by atoms with Crippen molar-refractivity contribution in [3.63, 3.8) is 0 Å². The highest BCUT2D eigenvalue weighted by Crippen LogP contribution is 2.27. The SMILES string of the molecule is [B]C1CN(C(C)(CC)CCCCCC)CCO1. The molecule has 1 aliphatic rings. The van der Waals surface area contributed by atoms with Crippen LogP contribution < -0.4 is 0 Å². The monoisotopic (exact) mass is 237 g/mol. The van der Waals surface area contributed by atoms with Crippen molar-refractivity contribution in [3.05, 3.63) is 0 Å². The summed E-state index contributed by atoms with van der Waals surface area (Å²) in [7, 11) is 5.89. The Labute approximate surface area is 109 Å². The van der Waals surface area contributed by atoms with Crippen molar-refractivity contribution in [1.29, 1.82) is 0 Å². The Bertz CT molecular complexity index is 212. The van der Waals surface area contributed by atoms with Crippen LogP contribution in [0, 0.1) is 0 Å². The van der Waals surface area contributed by atoms with E-state index in [2.05, 4.69) is 25.7 Å². The van der Waals surface area contributed by atoms with E-state index in [0.717, 1.165) is 19.7 Å². The van der Waals surface area contributed by atoms with Gasteiger partial charge in [0.15, 0.2) is 0 Å². The van der Waals surface area contributed by atoms with E-state index in [1.165, 1.54) is 38.5 Å². The van der Waals surface area contributed by atoms with Crippen molar-refractivity contribution in [2.45, 2.75) is 70.8 Å². The minimum absolute atomic E-state index is 0.0923. The predicted octanol–water partition coefficient (Wildman–Crippen LogP) is 2.95. The lowest BCUT2D eigenvalue weighted by Crippen LogP contribution is -2.54. The van der Waals surface area contributed by atoms with Gasteiger partial charge in [0.2, 0.25) is 0 Å². The second-order valence-corrected chi connectivity index (χ2v) is 5.52. The summed E-state index contributed by atoms with van der Waals surface area (Å²) in [5.74, 6) is 0. The second-order valence-electron chi connectivity index (χ2n) is 5.52. The molecule has 2 atom stereocenters. The summed E-state index contributed by atoms with van der Waals surface area (Å²) < 4.78 is 5.43. The molecule has 1 rings (SSSR count). The third-order valence-corrected chi connectivity index (χ3v) is 4.19. The molecule has 1 saturated heterocycles. The highest BCUT2D eigenvalue weighted by atomic mass is 16.5. The molecule has 1 fully saturated rings. The zero-order chi connectivity index (χ0) is 12.7. The maximum atomic E-state index is 5.89. The highest BCUT2D eigenvalue weighted by molar-refractivity contribution is 6.11. The summed E-state index contributed by atoms with van der Waals surface area (Å²) in [5, 5.41) is 0. The van der Waals surface area contributed by atoms with E-state index in [1.807, 2.05) is 0 Å². The van der Waals surface area contributed by atoms with Gasteiger partial charge in [0.1, 0.15) is 7.85 Å². The Morgan fingerprint density at radius 1 is 1.29 bits per heavy atom. The van der Waals surface area contributed by atoms with Crippen molar-refractivity contribution in [1.82, 2.24) is 4.90 Å². The van der Waals surface area contributed by atoms with Crippen LogP contribution in [0.1, 0.15) is 59.3 Å². The topological polar surface area (TPSA) is 12.5 Å². The van der Waals surface area contributed by atoms with Crippen molar-refractivity contribution in [2.24, 2.45) is 0 Å². The normalized spacial score (nSPS) is 25.7. The zero-order valence-corrected chi connectivity index (χ0v) is 11.9. The van der Waals surface area contributed by atoms with Crippen molar-refractivity contribution in [3.8, 4) is 0 Å². The number of nitrogens with zero attached hydrogens (tertiary/aromatic N) is 1. The summed E-state index contributed by atoms with van der Waals surface area (Å²) in [4.78, 5) is 2.53. The molecular weight excluding hydrogens is 209 g/mol. The molecule has 98 valence electrons. The lowest BCUT2D eigenvalue weighted by molar-refractivity contribution is -0.0387. The average molecular weight is 237 g/mol. The van der Waals surface area contributed by atoms with Crippen molar-refractivity contribution < 1.29 is 4.74 Å². The molecule has 2 radical (unpaired) electrons. The lowest BCUT2D eigenvalue weighted by Gasteiger charge is -2.45. The molecule has 17 heavy (non-hydrogen) atoms. The van der Waals surface area contributed by atoms with Gasteiger partial charge < -0.3 is 4.74 Å². The Hall–Kier alpha value is -0.0151. The minimum Gasteiger partial charge on any atom is -0.385 e.